The van der Waals surface area contributed by atoms with Crippen LogP contribution in [0.15, 0.2) is 30.6 Å². The van der Waals surface area contributed by atoms with Crippen LogP contribution >= 0.6 is 0 Å². The van der Waals surface area contributed by atoms with Crippen molar-refractivity contribution in [2.24, 2.45) is 0 Å². The van der Waals surface area contributed by atoms with Gasteiger partial charge in [0.15, 0.2) is 0 Å². The van der Waals surface area contributed by atoms with E-state index in [1.807, 2.05) is 18.2 Å². The fourth-order valence-electron chi connectivity index (χ4n) is 2.07. The van der Waals surface area contributed by atoms with Crippen LogP contribution in [0.1, 0.15) is 71.1 Å². The number of pyridine rings is 1. The molecule has 1 heterocycles. The van der Waals surface area contributed by atoms with Crippen LogP contribution in [-0.2, 0) is 14.6 Å². The Morgan fingerprint density at radius 1 is 0.833 bits per heavy atom. The zero-order chi connectivity index (χ0) is 17.2. The van der Waals surface area contributed by atoms with Gasteiger partial charge in [-0.25, -0.2) is 4.18 Å². The molecule has 0 aliphatic heterocycles. The molecule has 142 valence electrons. The van der Waals surface area contributed by atoms with E-state index >= 15 is 0 Å². The molecule has 6 nitrogen and oxygen atoms in total. The minimum atomic E-state index is -4.23. The monoisotopic (exact) mass is 363 g/mol. The molecule has 0 radical (unpaired) electrons. The number of nitrogens with zero attached hydrogens (tertiary/aromatic N) is 1. The van der Waals surface area contributed by atoms with Crippen LogP contribution < -0.4 is 0 Å². The van der Waals surface area contributed by atoms with E-state index in [-0.39, 0.29) is 12.1 Å². The molecule has 0 unspecified atom stereocenters. The van der Waals surface area contributed by atoms with Crippen molar-refractivity contribution in [3.63, 3.8) is 0 Å². The number of rotatable bonds is 12. The average Bonchev–Trinajstić information content (AvgIpc) is 2.54. The fraction of sp³-hybridized carbons (Fsp3) is 0.706. The van der Waals surface area contributed by atoms with Crippen LogP contribution in [0.4, 0.5) is 0 Å². The molecule has 0 aromatic carbocycles. The maximum absolute atomic E-state index is 10.2. The van der Waals surface area contributed by atoms with Crippen LogP contribution in [0.25, 0.3) is 0 Å². The Morgan fingerprint density at radius 2 is 1.29 bits per heavy atom. The van der Waals surface area contributed by atoms with Gasteiger partial charge in [0, 0.05) is 12.4 Å². The normalized spacial score (nSPS) is 10.4. The molecule has 1 rings (SSSR count). The first-order valence-electron chi connectivity index (χ1n) is 8.53. The molecule has 0 aliphatic rings. The van der Waals surface area contributed by atoms with E-state index in [1.165, 1.54) is 44.9 Å². The summed E-state index contributed by atoms with van der Waals surface area (Å²) >= 11 is 0. The molecule has 1 aromatic heterocycles. The molecular formula is C17H33NO5S. The standard InChI is InChI=1S/C12H26O4S.C5H5N.H2O/c1-2-3-4-5-6-7-8-9-10-11-12-16-17(13,14)15;1-2-4-6-5-3-1;/h2-12H2,1H3,(H,13,14,15);1-5H;1H2. The van der Waals surface area contributed by atoms with Gasteiger partial charge in [-0.3, -0.25) is 9.54 Å². The summed E-state index contributed by atoms with van der Waals surface area (Å²) in [6.45, 7) is 2.31. The summed E-state index contributed by atoms with van der Waals surface area (Å²) in [4.78, 5) is 3.78. The molecule has 24 heavy (non-hydrogen) atoms. The zero-order valence-corrected chi connectivity index (χ0v) is 15.5. The Labute approximate surface area is 146 Å². The van der Waals surface area contributed by atoms with Gasteiger partial charge in [-0.15, -0.1) is 0 Å². The summed E-state index contributed by atoms with van der Waals surface area (Å²) < 4.78 is 33.0. The van der Waals surface area contributed by atoms with Crippen molar-refractivity contribution in [2.45, 2.75) is 71.1 Å². The quantitative estimate of drug-likeness (QED) is 0.446. The van der Waals surface area contributed by atoms with Gasteiger partial charge in [0.05, 0.1) is 6.61 Å². The van der Waals surface area contributed by atoms with Gasteiger partial charge >= 0.3 is 10.4 Å². The van der Waals surface area contributed by atoms with Crippen molar-refractivity contribution in [1.29, 1.82) is 0 Å². The van der Waals surface area contributed by atoms with Crippen LogP contribution in [0.5, 0.6) is 0 Å². The maximum Gasteiger partial charge on any atom is 0.397 e. The molecule has 0 bridgehead atoms. The lowest BCUT2D eigenvalue weighted by atomic mass is 10.1. The minimum absolute atomic E-state index is 0. The van der Waals surface area contributed by atoms with Crippen molar-refractivity contribution in [1.82, 2.24) is 4.98 Å². The highest BCUT2D eigenvalue weighted by Gasteiger charge is 2.02. The average molecular weight is 364 g/mol. The van der Waals surface area contributed by atoms with Crippen LogP contribution in [0.2, 0.25) is 0 Å². The Kier molecular flexibility index (Phi) is 19.3. The number of aromatic nitrogens is 1. The molecule has 0 saturated carbocycles. The van der Waals surface area contributed by atoms with Crippen molar-refractivity contribution >= 4 is 10.4 Å². The maximum atomic E-state index is 10.2. The Morgan fingerprint density at radius 3 is 1.62 bits per heavy atom. The molecule has 3 N–H and O–H groups in total. The topological polar surface area (TPSA) is 108 Å². The second-order valence-electron chi connectivity index (χ2n) is 5.46. The van der Waals surface area contributed by atoms with E-state index in [0.29, 0.717) is 6.42 Å². The van der Waals surface area contributed by atoms with E-state index in [2.05, 4.69) is 16.1 Å². The second-order valence-corrected chi connectivity index (χ2v) is 6.55. The SMILES string of the molecule is CCCCCCCCCCCCOS(=O)(=O)O.O.c1ccncc1. The molecule has 1 aromatic rings. The van der Waals surface area contributed by atoms with Gasteiger partial charge < -0.3 is 5.48 Å². The Hall–Kier alpha value is -1.02. The lowest BCUT2D eigenvalue weighted by Gasteiger charge is -2.02. The second kappa shape index (κ2) is 18.3. The van der Waals surface area contributed by atoms with Gasteiger partial charge in [-0.2, -0.15) is 8.42 Å². The van der Waals surface area contributed by atoms with E-state index in [9.17, 15) is 8.42 Å². The predicted octanol–water partition coefficient (Wildman–Crippen LogP) is 3.98. The molecular weight excluding hydrogens is 330 g/mol. The van der Waals surface area contributed by atoms with Crippen molar-refractivity contribution in [3.8, 4) is 0 Å². The summed E-state index contributed by atoms with van der Waals surface area (Å²) in [5.41, 5.74) is 0. The summed E-state index contributed by atoms with van der Waals surface area (Å²) in [5, 5.41) is 0. The molecule has 0 spiro atoms. The van der Waals surface area contributed by atoms with Gasteiger partial charge in [0.1, 0.15) is 0 Å². The number of unbranched alkanes of at least 4 members (excludes halogenated alkanes) is 9. The van der Waals surface area contributed by atoms with Gasteiger partial charge in [0.25, 0.3) is 0 Å². The number of hydrogen-bond donors (Lipinski definition) is 1. The molecule has 0 saturated heterocycles. The van der Waals surface area contributed by atoms with Gasteiger partial charge in [0.2, 0.25) is 0 Å². The fourth-order valence-corrected chi connectivity index (χ4v) is 2.39. The third-order valence-corrected chi connectivity index (χ3v) is 3.76. The summed E-state index contributed by atoms with van der Waals surface area (Å²) in [6.07, 6.45) is 15.4. The first-order valence-corrected chi connectivity index (χ1v) is 9.89. The highest BCUT2D eigenvalue weighted by molar-refractivity contribution is 7.80. The largest absolute Gasteiger partial charge is 0.412 e. The van der Waals surface area contributed by atoms with Crippen molar-refractivity contribution in [3.05, 3.63) is 30.6 Å². The predicted molar refractivity (Wildman–Crippen MR) is 97.2 cm³/mol. The minimum Gasteiger partial charge on any atom is -0.412 e. The highest BCUT2D eigenvalue weighted by Crippen LogP contribution is 2.10. The van der Waals surface area contributed by atoms with Crippen molar-refractivity contribution < 1.29 is 22.6 Å². The first-order chi connectivity index (χ1) is 11.1. The lowest BCUT2D eigenvalue weighted by Crippen LogP contribution is -2.04. The third-order valence-electron chi connectivity index (χ3n) is 3.30. The lowest BCUT2D eigenvalue weighted by molar-refractivity contribution is 0.261. The van der Waals surface area contributed by atoms with Crippen LogP contribution in [0.3, 0.4) is 0 Å². The molecule has 0 atom stereocenters. The van der Waals surface area contributed by atoms with Crippen LogP contribution in [-0.4, -0.2) is 30.0 Å². The van der Waals surface area contributed by atoms with Gasteiger partial charge in [-0.05, 0) is 18.6 Å². The first kappa shape index (κ1) is 25.2. The molecule has 0 amide bonds. The summed E-state index contributed by atoms with van der Waals surface area (Å²) in [7, 11) is -4.23. The molecule has 0 aliphatic carbocycles. The van der Waals surface area contributed by atoms with Crippen molar-refractivity contribution in [2.75, 3.05) is 6.61 Å². The molecule has 0 fully saturated rings. The smallest absolute Gasteiger partial charge is 0.397 e. The summed E-state index contributed by atoms with van der Waals surface area (Å²) in [6, 6.07) is 5.72. The number of hydrogen-bond acceptors (Lipinski definition) is 4. The van der Waals surface area contributed by atoms with E-state index in [1.54, 1.807) is 12.4 Å². The third kappa shape index (κ3) is 23.2. The Balaban J connectivity index is 0. The van der Waals surface area contributed by atoms with Gasteiger partial charge in [-0.1, -0.05) is 70.8 Å². The highest BCUT2D eigenvalue weighted by atomic mass is 32.3. The van der Waals surface area contributed by atoms with Crippen LogP contribution in [0, 0.1) is 0 Å². The van der Waals surface area contributed by atoms with E-state index in [4.69, 9.17) is 4.55 Å². The summed E-state index contributed by atoms with van der Waals surface area (Å²) in [5.74, 6) is 0. The Bertz CT molecular complexity index is 413. The molecule has 7 heteroatoms. The van der Waals surface area contributed by atoms with E-state index in [0.717, 1.165) is 12.8 Å². The van der Waals surface area contributed by atoms with E-state index < -0.39 is 10.4 Å². The zero-order valence-electron chi connectivity index (χ0n) is 14.7.